The number of hydrogen-bond acceptors (Lipinski definition) is 3. The van der Waals surface area contributed by atoms with Crippen molar-refractivity contribution in [3.8, 4) is 17.0 Å². The number of nitrogens with zero attached hydrogens (tertiary/aromatic N) is 1. The van der Waals surface area contributed by atoms with Gasteiger partial charge >= 0.3 is 0 Å². The van der Waals surface area contributed by atoms with E-state index in [4.69, 9.17) is 4.74 Å². The molecule has 3 heteroatoms. The lowest BCUT2D eigenvalue weighted by Gasteiger charge is -2.06. The van der Waals surface area contributed by atoms with E-state index >= 15 is 0 Å². The molecule has 1 fully saturated rings. The van der Waals surface area contributed by atoms with Gasteiger partial charge in [0.05, 0.1) is 11.8 Å². The van der Waals surface area contributed by atoms with Crippen LogP contribution in [0, 0.1) is 0 Å². The van der Waals surface area contributed by atoms with Crippen LogP contribution in [0.25, 0.3) is 11.3 Å². The molecule has 0 atom stereocenters. The Bertz CT molecular complexity index is 532. The second-order valence-electron chi connectivity index (χ2n) is 4.52. The number of hydrogen-bond donors (Lipinski definition) is 1. The number of anilines is 1. The van der Waals surface area contributed by atoms with Crippen molar-refractivity contribution in [3.63, 3.8) is 0 Å². The van der Waals surface area contributed by atoms with Gasteiger partial charge < -0.3 is 10.1 Å². The van der Waals surface area contributed by atoms with Crippen LogP contribution in [0.5, 0.6) is 5.75 Å². The molecule has 1 aromatic carbocycles. The first-order chi connectivity index (χ1) is 8.85. The van der Waals surface area contributed by atoms with E-state index in [0.717, 1.165) is 22.7 Å². The zero-order valence-electron chi connectivity index (χ0n) is 10.4. The predicted octanol–water partition coefficient (Wildman–Crippen LogP) is 3.33. The molecule has 1 heterocycles. The highest BCUT2D eigenvalue weighted by Crippen LogP contribution is 2.28. The van der Waals surface area contributed by atoms with Gasteiger partial charge in [0.1, 0.15) is 5.75 Å². The summed E-state index contributed by atoms with van der Waals surface area (Å²) in [5.41, 5.74) is 3.15. The van der Waals surface area contributed by atoms with Crippen LogP contribution in [-0.4, -0.2) is 18.1 Å². The van der Waals surface area contributed by atoms with Crippen LogP contribution < -0.4 is 10.1 Å². The van der Waals surface area contributed by atoms with Gasteiger partial charge in [0.25, 0.3) is 0 Å². The highest BCUT2D eigenvalue weighted by atomic mass is 16.5. The summed E-state index contributed by atoms with van der Waals surface area (Å²) in [6.07, 6.45) is 4.64. The van der Waals surface area contributed by atoms with Crippen molar-refractivity contribution < 1.29 is 4.74 Å². The normalized spacial score (nSPS) is 14.3. The largest absolute Gasteiger partial charge is 0.490 e. The molecule has 2 aromatic rings. The SMILES string of the molecule is CNc1ccnc(-c2ccc(OC3CC3)cc2)c1. The van der Waals surface area contributed by atoms with Gasteiger partial charge in [-0.2, -0.15) is 0 Å². The molecule has 0 amide bonds. The Balaban J connectivity index is 1.81. The number of nitrogens with one attached hydrogen (secondary N) is 1. The molecular formula is C15H16N2O. The lowest BCUT2D eigenvalue weighted by atomic mass is 10.1. The Morgan fingerprint density at radius 2 is 1.94 bits per heavy atom. The van der Waals surface area contributed by atoms with Crippen LogP contribution in [-0.2, 0) is 0 Å². The number of benzene rings is 1. The number of ether oxygens (including phenoxy) is 1. The van der Waals surface area contributed by atoms with Crippen molar-refractivity contribution in [2.24, 2.45) is 0 Å². The van der Waals surface area contributed by atoms with Crippen LogP contribution in [0.4, 0.5) is 5.69 Å². The van der Waals surface area contributed by atoms with Gasteiger partial charge in [-0.15, -0.1) is 0 Å². The standard InChI is InChI=1S/C15H16N2O/c1-16-12-8-9-17-15(10-12)11-2-4-13(5-3-11)18-14-6-7-14/h2-5,8-10,14H,6-7H2,1H3,(H,16,17). The van der Waals surface area contributed by atoms with Gasteiger partial charge in [0.15, 0.2) is 0 Å². The Morgan fingerprint density at radius 1 is 1.17 bits per heavy atom. The fourth-order valence-electron chi connectivity index (χ4n) is 1.83. The van der Waals surface area contributed by atoms with Crippen LogP contribution in [0.15, 0.2) is 42.6 Å². The summed E-state index contributed by atoms with van der Waals surface area (Å²) < 4.78 is 5.73. The summed E-state index contributed by atoms with van der Waals surface area (Å²) in [6.45, 7) is 0. The molecule has 0 bridgehead atoms. The molecule has 3 nitrogen and oxygen atoms in total. The topological polar surface area (TPSA) is 34.2 Å². The third kappa shape index (κ3) is 2.45. The quantitative estimate of drug-likeness (QED) is 0.890. The summed E-state index contributed by atoms with van der Waals surface area (Å²) in [5.74, 6) is 0.950. The fraction of sp³-hybridized carbons (Fsp3) is 0.267. The number of rotatable bonds is 4. The highest BCUT2D eigenvalue weighted by Gasteiger charge is 2.23. The monoisotopic (exact) mass is 240 g/mol. The maximum Gasteiger partial charge on any atom is 0.119 e. The minimum Gasteiger partial charge on any atom is -0.490 e. The average Bonchev–Trinajstić information content (AvgIpc) is 3.24. The van der Waals surface area contributed by atoms with Gasteiger partial charge in [-0.3, -0.25) is 4.98 Å². The first-order valence-corrected chi connectivity index (χ1v) is 6.26. The second kappa shape index (κ2) is 4.69. The maximum atomic E-state index is 5.73. The minimum absolute atomic E-state index is 0.446. The molecule has 0 saturated heterocycles. The maximum absolute atomic E-state index is 5.73. The Kier molecular flexibility index (Phi) is 2.89. The molecule has 0 spiro atoms. The molecular weight excluding hydrogens is 224 g/mol. The molecule has 1 saturated carbocycles. The van der Waals surface area contributed by atoms with Crippen LogP contribution >= 0.6 is 0 Å². The van der Waals surface area contributed by atoms with Gasteiger partial charge in [0, 0.05) is 24.5 Å². The lowest BCUT2D eigenvalue weighted by Crippen LogP contribution is -1.95. The molecule has 92 valence electrons. The first-order valence-electron chi connectivity index (χ1n) is 6.26. The smallest absolute Gasteiger partial charge is 0.119 e. The van der Waals surface area contributed by atoms with E-state index in [2.05, 4.69) is 22.4 Å². The van der Waals surface area contributed by atoms with E-state index in [9.17, 15) is 0 Å². The third-order valence-corrected chi connectivity index (χ3v) is 3.03. The van der Waals surface area contributed by atoms with Crippen LogP contribution in [0.2, 0.25) is 0 Å². The van der Waals surface area contributed by atoms with E-state index in [0.29, 0.717) is 6.10 Å². The molecule has 1 aliphatic carbocycles. The second-order valence-corrected chi connectivity index (χ2v) is 4.52. The van der Waals surface area contributed by atoms with Crippen molar-refractivity contribution in [2.45, 2.75) is 18.9 Å². The van der Waals surface area contributed by atoms with Crippen LogP contribution in [0.1, 0.15) is 12.8 Å². The first kappa shape index (κ1) is 11.1. The molecule has 3 rings (SSSR count). The molecule has 0 unspecified atom stereocenters. The molecule has 1 aliphatic rings. The van der Waals surface area contributed by atoms with Crippen molar-refractivity contribution in [1.29, 1.82) is 0 Å². The molecule has 1 N–H and O–H groups in total. The van der Waals surface area contributed by atoms with Gasteiger partial charge in [-0.25, -0.2) is 0 Å². The van der Waals surface area contributed by atoms with E-state index in [1.165, 1.54) is 12.8 Å². The zero-order valence-corrected chi connectivity index (χ0v) is 10.4. The van der Waals surface area contributed by atoms with Crippen molar-refractivity contribution in [1.82, 2.24) is 4.98 Å². The van der Waals surface area contributed by atoms with Crippen molar-refractivity contribution in [2.75, 3.05) is 12.4 Å². The van der Waals surface area contributed by atoms with Crippen molar-refractivity contribution >= 4 is 5.69 Å². The molecule has 1 aromatic heterocycles. The number of pyridine rings is 1. The summed E-state index contributed by atoms with van der Waals surface area (Å²) >= 11 is 0. The summed E-state index contributed by atoms with van der Waals surface area (Å²) in [7, 11) is 1.91. The van der Waals surface area contributed by atoms with E-state index in [1.807, 2.05) is 37.5 Å². The third-order valence-electron chi connectivity index (χ3n) is 3.03. The Hall–Kier alpha value is -2.03. The summed E-state index contributed by atoms with van der Waals surface area (Å²) in [6, 6.07) is 12.1. The predicted molar refractivity (Wildman–Crippen MR) is 72.9 cm³/mol. The zero-order chi connectivity index (χ0) is 12.4. The van der Waals surface area contributed by atoms with E-state index in [1.54, 1.807) is 0 Å². The number of aromatic nitrogens is 1. The molecule has 0 aliphatic heterocycles. The van der Waals surface area contributed by atoms with E-state index < -0.39 is 0 Å². The Morgan fingerprint density at radius 3 is 2.61 bits per heavy atom. The van der Waals surface area contributed by atoms with E-state index in [-0.39, 0.29) is 0 Å². The lowest BCUT2D eigenvalue weighted by molar-refractivity contribution is 0.303. The van der Waals surface area contributed by atoms with Gasteiger partial charge in [0.2, 0.25) is 0 Å². The summed E-state index contributed by atoms with van der Waals surface area (Å²) in [4.78, 5) is 4.38. The van der Waals surface area contributed by atoms with Crippen molar-refractivity contribution in [3.05, 3.63) is 42.6 Å². The van der Waals surface area contributed by atoms with Crippen LogP contribution in [0.3, 0.4) is 0 Å². The highest BCUT2D eigenvalue weighted by molar-refractivity contribution is 5.64. The molecule has 18 heavy (non-hydrogen) atoms. The molecule has 0 radical (unpaired) electrons. The Labute approximate surface area is 107 Å². The minimum atomic E-state index is 0.446. The fourth-order valence-corrected chi connectivity index (χ4v) is 1.83. The van der Waals surface area contributed by atoms with Gasteiger partial charge in [-0.05, 0) is 49.2 Å². The summed E-state index contributed by atoms with van der Waals surface area (Å²) in [5, 5.41) is 3.12. The average molecular weight is 240 g/mol. The van der Waals surface area contributed by atoms with Gasteiger partial charge in [-0.1, -0.05) is 0 Å².